The summed E-state index contributed by atoms with van der Waals surface area (Å²) < 4.78 is 1.03. The standard InChI is InChI=1S/C21H18BrN3OS/c1-14-4-2-3-5-17(14)18-10-20(26)25-12-24(13-27-21(25)19(18)11-23)16-8-6-15(22)7-9-16/h2-9,18H,10,12-13H2,1H3/t18-/m0/s1. The molecule has 136 valence electrons. The fraction of sp³-hybridized carbons (Fsp3) is 0.238. The smallest absolute Gasteiger partial charge is 0.229 e. The second kappa shape index (κ2) is 7.41. The normalized spacial score (nSPS) is 19.7. The van der Waals surface area contributed by atoms with Gasteiger partial charge >= 0.3 is 0 Å². The van der Waals surface area contributed by atoms with Gasteiger partial charge in [0.05, 0.1) is 29.2 Å². The lowest BCUT2D eigenvalue weighted by Crippen LogP contribution is -2.47. The topological polar surface area (TPSA) is 47.3 Å². The first-order valence-corrected chi connectivity index (χ1v) is 10.5. The van der Waals surface area contributed by atoms with E-state index < -0.39 is 0 Å². The molecule has 0 bridgehead atoms. The first-order chi connectivity index (χ1) is 13.1. The van der Waals surface area contributed by atoms with Crippen LogP contribution in [0.15, 0.2) is 63.6 Å². The minimum atomic E-state index is -0.151. The molecule has 2 aliphatic rings. The van der Waals surface area contributed by atoms with Crippen molar-refractivity contribution in [3.8, 4) is 6.07 Å². The van der Waals surface area contributed by atoms with Gasteiger partial charge < -0.3 is 4.90 Å². The molecule has 6 heteroatoms. The second-order valence-electron chi connectivity index (χ2n) is 6.70. The van der Waals surface area contributed by atoms with E-state index in [-0.39, 0.29) is 11.8 Å². The molecule has 27 heavy (non-hydrogen) atoms. The fourth-order valence-corrected chi connectivity index (χ4v) is 5.05. The summed E-state index contributed by atoms with van der Waals surface area (Å²) in [5.74, 6) is 0.639. The number of nitriles is 1. The van der Waals surface area contributed by atoms with Crippen molar-refractivity contribution in [2.75, 3.05) is 17.4 Å². The predicted molar refractivity (Wildman–Crippen MR) is 112 cm³/mol. The third-order valence-electron chi connectivity index (χ3n) is 5.05. The van der Waals surface area contributed by atoms with Crippen LogP contribution in [0, 0.1) is 18.3 Å². The number of aryl methyl sites for hydroxylation is 1. The van der Waals surface area contributed by atoms with Crippen LogP contribution in [-0.4, -0.2) is 23.4 Å². The van der Waals surface area contributed by atoms with Crippen molar-refractivity contribution in [2.24, 2.45) is 0 Å². The van der Waals surface area contributed by atoms with Gasteiger partial charge in [0, 0.05) is 22.5 Å². The third kappa shape index (κ3) is 3.38. The summed E-state index contributed by atoms with van der Waals surface area (Å²) in [5, 5.41) is 10.7. The van der Waals surface area contributed by atoms with E-state index in [9.17, 15) is 10.1 Å². The number of halogens is 1. The van der Waals surface area contributed by atoms with Gasteiger partial charge in [-0.25, -0.2) is 0 Å². The molecule has 0 aliphatic carbocycles. The summed E-state index contributed by atoms with van der Waals surface area (Å²) in [5.41, 5.74) is 3.97. The number of benzene rings is 2. The molecule has 0 spiro atoms. The second-order valence-corrected chi connectivity index (χ2v) is 8.55. The monoisotopic (exact) mass is 439 g/mol. The number of hydrogen-bond acceptors (Lipinski definition) is 4. The number of nitrogens with zero attached hydrogens (tertiary/aromatic N) is 3. The Labute approximate surface area is 171 Å². The summed E-state index contributed by atoms with van der Waals surface area (Å²) in [6.07, 6.45) is 0.339. The maximum absolute atomic E-state index is 13.0. The largest absolute Gasteiger partial charge is 0.344 e. The molecule has 1 atom stereocenters. The molecule has 2 aromatic carbocycles. The van der Waals surface area contributed by atoms with Crippen molar-refractivity contribution in [2.45, 2.75) is 19.3 Å². The Balaban J connectivity index is 1.68. The maximum Gasteiger partial charge on any atom is 0.229 e. The van der Waals surface area contributed by atoms with Crippen LogP contribution in [0.5, 0.6) is 0 Å². The van der Waals surface area contributed by atoms with Crippen LogP contribution < -0.4 is 4.90 Å². The zero-order chi connectivity index (χ0) is 19.0. The zero-order valence-corrected chi connectivity index (χ0v) is 17.3. The lowest BCUT2D eigenvalue weighted by atomic mass is 9.84. The minimum absolute atomic E-state index is 0.0755. The van der Waals surface area contributed by atoms with Gasteiger partial charge in [-0.15, -0.1) is 0 Å². The highest BCUT2D eigenvalue weighted by Crippen LogP contribution is 2.43. The van der Waals surface area contributed by atoms with Gasteiger partial charge in [0.2, 0.25) is 5.91 Å². The highest BCUT2D eigenvalue weighted by atomic mass is 79.9. The lowest BCUT2D eigenvalue weighted by molar-refractivity contribution is -0.129. The van der Waals surface area contributed by atoms with Gasteiger partial charge in [0.15, 0.2) is 0 Å². The van der Waals surface area contributed by atoms with Gasteiger partial charge in [-0.3, -0.25) is 9.69 Å². The van der Waals surface area contributed by atoms with E-state index in [2.05, 4.69) is 26.9 Å². The number of rotatable bonds is 2. The zero-order valence-electron chi connectivity index (χ0n) is 14.9. The molecule has 0 radical (unpaired) electrons. The number of thioether (sulfide) groups is 1. The van der Waals surface area contributed by atoms with Crippen molar-refractivity contribution < 1.29 is 4.79 Å². The molecule has 4 rings (SSSR count). The molecule has 1 saturated heterocycles. The van der Waals surface area contributed by atoms with Crippen molar-refractivity contribution in [3.63, 3.8) is 0 Å². The van der Waals surface area contributed by atoms with Gasteiger partial charge in [0.1, 0.15) is 0 Å². The van der Waals surface area contributed by atoms with E-state index in [0.717, 1.165) is 26.3 Å². The van der Waals surface area contributed by atoms with Gasteiger partial charge in [-0.05, 0) is 42.3 Å². The molecule has 0 N–H and O–H groups in total. The van der Waals surface area contributed by atoms with Crippen molar-refractivity contribution in [1.29, 1.82) is 5.26 Å². The number of allylic oxidation sites excluding steroid dienone is 1. The first kappa shape index (κ1) is 18.1. The van der Waals surface area contributed by atoms with E-state index >= 15 is 0 Å². The summed E-state index contributed by atoms with van der Waals surface area (Å²) in [6.45, 7) is 2.52. The molecule has 2 heterocycles. The fourth-order valence-electron chi connectivity index (χ4n) is 3.62. The number of carbonyl (C=O) groups is 1. The summed E-state index contributed by atoms with van der Waals surface area (Å²) in [7, 11) is 0. The summed E-state index contributed by atoms with van der Waals surface area (Å²) >= 11 is 5.03. The van der Waals surface area contributed by atoms with Crippen molar-refractivity contribution in [1.82, 2.24) is 4.90 Å². The number of fused-ring (bicyclic) bond motifs is 1. The highest BCUT2D eigenvalue weighted by Gasteiger charge is 2.38. The highest BCUT2D eigenvalue weighted by molar-refractivity contribution is 9.10. The molecular formula is C21H18BrN3OS. The molecular weight excluding hydrogens is 422 g/mol. The molecule has 2 aromatic rings. The van der Waals surface area contributed by atoms with Crippen LogP contribution in [0.2, 0.25) is 0 Å². The molecule has 4 nitrogen and oxygen atoms in total. The van der Waals surface area contributed by atoms with Crippen LogP contribution >= 0.6 is 27.7 Å². The molecule has 0 saturated carbocycles. The van der Waals surface area contributed by atoms with Crippen LogP contribution in [-0.2, 0) is 4.79 Å². The lowest BCUT2D eigenvalue weighted by Gasteiger charge is -2.42. The van der Waals surface area contributed by atoms with Crippen molar-refractivity contribution in [3.05, 3.63) is 74.7 Å². The van der Waals surface area contributed by atoms with E-state index in [1.54, 1.807) is 16.7 Å². The van der Waals surface area contributed by atoms with Crippen LogP contribution in [0.25, 0.3) is 0 Å². The average Bonchev–Trinajstić information content (AvgIpc) is 2.69. The SMILES string of the molecule is Cc1ccccc1[C@@H]1CC(=O)N2CN(c3ccc(Br)cc3)CSC2=C1C#N. The Morgan fingerprint density at radius 1 is 1.19 bits per heavy atom. The quantitative estimate of drug-likeness (QED) is 0.661. The third-order valence-corrected chi connectivity index (χ3v) is 6.73. The number of amides is 1. The number of anilines is 1. The Hall–Kier alpha value is -2.23. The molecule has 2 aliphatic heterocycles. The summed E-state index contributed by atoms with van der Waals surface area (Å²) in [6, 6.07) is 18.5. The van der Waals surface area contributed by atoms with Crippen LogP contribution in [0.1, 0.15) is 23.5 Å². The van der Waals surface area contributed by atoms with E-state index in [1.165, 1.54) is 0 Å². The van der Waals surface area contributed by atoms with Crippen LogP contribution in [0.3, 0.4) is 0 Å². The van der Waals surface area contributed by atoms with E-state index in [1.807, 2.05) is 55.5 Å². The van der Waals surface area contributed by atoms with E-state index in [0.29, 0.717) is 24.5 Å². The Morgan fingerprint density at radius 3 is 2.63 bits per heavy atom. The van der Waals surface area contributed by atoms with Gasteiger partial charge in [0.25, 0.3) is 0 Å². The maximum atomic E-state index is 13.0. The Kier molecular flexibility index (Phi) is 4.98. The van der Waals surface area contributed by atoms with E-state index in [4.69, 9.17) is 0 Å². The first-order valence-electron chi connectivity index (χ1n) is 8.72. The number of carbonyl (C=O) groups excluding carboxylic acids is 1. The van der Waals surface area contributed by atoms with Gasteiger partial charge in [-0.1, -0.05) is 52.0 Å². The van der Waals surface area contributed by atoms with Crippen molar-refractivity contribution >= 4 is 39.3 Å². The molecule has 0 aromatic heterocycles. The molecule has 0 unspecified atom stereocenters. The predicted octanol–water partition coefficient (Wildman–Crippen LogP) is 4.98. The minimum Gasteiger partial charge on any atom is -0.344 e. The molecule has 1 amide bonds. The molecule has 1 fully saturated rings. The Morgan fingerprint density at radius 2 is 1.93 bits per heavy atom. The average molecular weight is 440 g/mol. The van der Waals surface area contributed by atoms with Crippen LogP contribution in [0.4, 0.5) is 5.69 Å². The summed E-state index contributed by atoms with van der Waals surface area (Å²) in [4.78, 5) is 16.9. The Bertz CT molecular complexity index is 964. The number of hydrogen-bond donors (Lipinski definition) is 0. The van der Waals surface area contributed by atoms with Gasteiger partial charge in [-0.2, -0.15) is 5.26 Å².